The average Bonchev–Trinajstić information content (AvgIpc) is 2.48. The molecule has 0 aromatic heterocycles. The number of rotatable bonds is 5. The third-order valence-electron chi connectivity index (χ3n) is 2.97. The first kappa shape index (κ1) is 16.1. The van der Waals surface area contributed by atoms with Crippen LogP contribution in [0.2, 0.25) is 5.02 Å². The summed E-state index contributed by atoms with van der Waals surface area (Å²) in [4.78, 5) is 40.9. The van der Waals surface area contributed by atoms with Gasteiger partial charge in [-0.2, -0.15) is 0 Å². The van der Waals surface area contributed by atoms with Crippen LogP contribution in [-0.4, -0.2) is 44.3 Å². The molecule has 0 bridgehead atoms. The normalized spacial score (nSPS) is 18.9. The van der Waals surface area contributed by atoms with Gasteiger partial charge < -0.3 is 4.74 Å². The zero-order chi connectivity index (χ0) is 16.1. The van der Waals surface area contributed by atoms with E-state index in [1.54, 1.807) is 12.1 Å². The Kier molecular flexibility index (Phi) is 5.24. The molecule has 8 heteroatoms. The lowest BCUT2D eigenvalue weighted by Crippen LogP contribution is -2.58. The summed E-state index contributed by atoms with van der Waals surface area (Å²) in [7, 11) is 1.52. The van der Waals surface area contributed by atoms with Gasteiger partial charge in [0.1, 0.15) is 0 Å². The number of ether oxygens (including phenoxy) is 1. The van der Waals surface area contributed by atoms with Gasteiger partial charge in [-0.3, -0.25) is 19.9 Å². The topological polar surface area (TPSA) is 88.1 Å². The number of halogens is 1. The van der Waals surface area contributed by atoms with E-state index >= 15 is 0 Å². The van der Waals surface area contributed by atoms with Crippen LogP contribution in [0.3, 0.4) is 0 Å². The number of amides is 4. The van der Waals surface area contributed by atoms with Crippen LogP contribution in [0.15, 0.2) is 29.3 Å². The maximum absolute atomic E-state index is 12.4. The molecule has 1 aliphatic heterocycles. The maximum atomic E-state index is 12.4. The molecule has 7 nitrogen and oxygen atoms in total. The van der Waals surface area contributed by atoms with Crippen molar-refractivity contribution in [3.05, 3.63) is 29.3 Å². The Bertz CT molecular complexity index is 615. The van der Waals surface area contributed by atoms with Crippen LogP contribution >= 0.6 is 11.6 Å². The SMILES string of the molecule is COCCN=CC1C(=O)NC(=O)N(c2ccc(Cl)cc2)C1=O. The van der Waals surface area contributed by atoms with E-state index < -0.39 is 23.8 Å². The van der Waals surface area contributed by atoms with E-state index in [2.05, 4.69) is 10.3 Å². The van der Waals surface area contributed by atoms with E-state index in [4.69, 9.17) is 16.3 Å². The summed E-state index contributed by atoms with van der Waals surface area (Å²) in [5.74, 6) is -2.50. The predicted molar refractivity (Wildman–Crippen MR) is 81.2 cm³/mol. The van der Waals surface area contributed by atoms with Crippen LogP contribution in [-0.2, 0) is 14.3 Å². The van der Waals surface area contributed by atoms with Crippen molar-refractivity contribution >= 4 is 41.3 Å². The highest BCUT2D eigenvalue weighted by Crippen LogP contribution is 2.22. The third-order valence-corrected chi connectivity index (χ3v) is 3.22. The van der Waals surface area contributed by atoms with Crippen LogP contribution < -0.4 is 10.2 Å². The molecule has 0 saturated carbocycles. The number of hydrogen-bond donors (Lipinski definition) is 1. The van der Waals surface area contributed by atoms with E-state index in [-0.39, 0.29) is 0 Å². The Morgan fingerprint density at radius 1 is 1.32 bits per heavy atom. The molecule has 2 rings (SSSR count). The van der Waals surface area contributed by atoms with Crippen molar-refractivity contribution in [1.82, 2.24) is 5.32 Å². The maximum Gasteiger partial charge on any atom is 0.335 e. The van der Waals surface area contributed by atoms with Gasteiger partial charge in [-0.15, -0.1) is 0 Å². The quantitative estimate of drug-likeness (QED) is 0.502. The van der Waals surface area contributed by atoms with Crippen molar-refractivity contribution in [2.75, 3.05) is 25.2 Å². The second kappa shape index (κ2) is 7.15. The minimum atomic E-state index is -1.15. The number of carbonyl (C=O) groups is 3. The number of nitrogens with one attached hydrogen (secondary N) is 1. The number of imide groups is 2. The second-order valence-electron chi connectivity index (χ2n) is 4.47. The Labute approximate surface area is 131 Å². The van der Waals surface area contributed by atoms with Gasteiger partial charge in [0.05, 0.1) is 18.8 Å². The second-order valence-corrected chi connectivity index (χ2v) is 4.91. The molecule has 0 radical (unpaired) electrons. The molecule has 22 heavy (non-hydrogen) atoms. The number of anilines is 1. The van der Waals surface area contributed by atoms with Gasteiger partial charge in [-0.05, 0) is 24.3 Å². The molecule has 1 aliphatic rings. The van der Waals surface area contributed by atoms with Crippen LogP contribution in [0.5, 0.6) is 0 Å². The van der Waals surface area contributed by atoms with Crippen molar-refractivity contribution in [3.63, 3.8) is 0 Å². The number of barbiturate groups is 1. The molecule has 0 aliphatic carbocycles. The smallest absolute Gasteiger partial charge is 0.335 e. The van der Waals surface area contributed by atoms with Gasteiger partial charge in [0, 0.05) is 18.3 Å². The number of hydrogen-bond acceptors (Lipinski definition) is 5. The van der Waals surface area contributed by atoms with Crippen LogP contribution in [0, 0.1) is 5.92 Å². The van der Waals surface area contributed by atoms with Crippen LogP contribution in [0.4, 0.5) is 10.5 Å². The van der Waals surface area contributed by atoms with Gasteiger partial charge >= 0.3 is 6.03 Å². The summed E-state index contributed by atoms with van der Waals surface area (Å²) in [6.07, 6.45) is 1.23. The highest BCUT2D eigenvalue weighted by Gasteiger charge is 2.40. The van der Waals surface area contributed by atoms with Crippen molar-refractivity contribution in [1.29, 1.82) is 0 Å². The third kappa shape index (κ3) is 3.49. The summed E-state index contributed by atoms with van der Waals surface area (Å²) < 4.78 is 4.83. The molecule has 1 heterocycles. The number of nitrogens with zero attached hydrogens (tertiary/aromatic N) is 2. The molecule has 1 aromatic rings. The summed E-state index contributed by atoms with van der Waals surface area (Å²) in [5.41, 5.74) is 0.328. The Morgan fingerprint density at radius 3 is 2.64 bits per heavy atom. The lowest BCUT2D eigenvalue weighted by Gasteiger charge is -2.28. The summed E-state index contributed by atoms with van der Waals surface area (Å²) >= 11 is 5.78. The zero-order valence-electron chi connectivity index (χ0n) is 11.8. The number of carbonyl (C=O) groups excluding carboxylic acids is 3. The first-order valence-corrected chi connectivity index (χ1v) is 6.85. The number of methoxy groups -OCH3 is 1. The molecule has 1 saturated heterocycles. The molecule has 1 unspecified atom stereocenters. The fourth-order valence-corrected chi connectivity index (χ4v) is 2.01. The highest BCUT2D eigenvalue weighted by molar-refractivity contribution is 6.33. The first-order valence-electron chi connectivity index (χ1n) is 6.48. The Hall–Kier alpha value is -2.25. The summed E-state index contributed by atoms with van der Waals surface area (Å²) in [6, 6.07) is 5.35. The molecule has 1 atom stereocenters. The minimum Gasteiger partial charge on any atom is -0.383 e. The molecule has 1 aromatic carbocycles. The van der Waals surface area contributed by atoms with Gasteiger partial charge in [0.2, 0.25) is 5.91 Å². The summed E-state index contributed by atoms with van der Waals surface area (Å²) in [6.45, 7) is 0.696. The summed E-state index contributed by atoms with van der Waals surface area (Å²) in [5, 5.41) is 2.61. The van der Waals surface area contributed by atoms with Gasteiger partial charge in [0.25, 0.3) is 5.91 Å². The molecular formula is C14H14ClN3O4. The van der Waals surface area contributed by atoms with Crippen LogP contribution in [0.25, 0.3) is 0 Å². The van der Waals surface area contributed by atoms with Crippen molar-refractivity contribution in [2.45, 2.75) is 0 Å². The van der Waals surface area contributed by atoms with Crippen LogP contribution in [0.1, 0.15) is 0 Å². The van der Waals surface area contributed by atoms with E-state index in [0.29, 0.717) is 23.9 Å². The van der Waals surface area contributed by atoms with Crippen molar-refractivity contribution in [2.24, 2.45) is 10.9 Å². The fraction of sp³-hybridized carbons (Fsp3) is 0.286. The molecule has 0 spiro atoms. The van der Waals surface area contributed by atoms with E-state index in [0.717, 1.165) is 4.90 Å². The van der Waals surface area contributed by atoms with Gasteiger partial charge in [-0.25, -0.2) is 9.69 Å². The average molecular weight is 324 g/mol. The number of benzene rings is 1. The molecular weight excluding hydrogens is 310 g/mol. The largest absolute Gasteiger partial charge is 0.383 e. The molecule has 4 amide bonds. The first-order chi connectivity index (χ1) is 10.5. The minimum absolute atomic E-state index is 0.322. The van der Waals surface area contributed by atoms with Gasteiger partial charge in [-0.1, -0.05) is 11.6 Å². The van der Waals surface area contributed by atoms with Crippen molar-refractivity contribution < 1.29 is 19.1 Å². The number of aliphatic imine (C=N–C) groups is 1. The fourth-order valence-electron chi connectivity index (χ4n) is 1.88. The lowest BCUT2D eigenvalue weighted by atomic mass is 10.1. The van der Waals surface area contributed by atoms with Gasteiger partial charge in [0.15, 0.2) is 5.92 Å². The zero-order valence-corrected chi connectivity index (χ0v) is 12.5. The molecule has 116 valence electrons. The standard InChI is InChI=1S/C14H14ClN3O4/c1-22-7-6-16-8-11-12(19)17-14(21)18(13(11)20)10-4-2-9(15)3-5-10/h2-5,8,11H,6-7H2,1H3,(H,17,19,21). The monoisotopic (exact) mass is 323 g/mol. The molecule has 1 N–H and O–H groups in total. The lowest BCUT2D eigenvalue weighted by molar-refractivity contribution is -0.131. The predicted octanol–water partition coefficient (Wildman–Crippen LogP) is 1.26. The van der Waals surface area contributed by atoms with E-state index in [9.17, 15) is 14.4 Å². The Morgan fingerprint density at radius 2 is 2.00 bits per heavy atom. The highest BCUT2D eigenvalue weighted by atomic mass is 35.5. The van der Waals surface area contributed by atoms with E-state index in [1.165, 1.54) is 25.5 Å². The van der Waals surface area contributed by atoms with E-state index in [1.807, 2.05) is 0 Å². The van der Waals surface area contributed by atoms with Crippen molar-refractivity contribution in [3.8, 4) is 0 Å². The number of urea groups is 1. The molecule has 1 fully saturated rings. The Balaban J connectivity index is 2.21.